The molecule has 0 aliphatic heterocycles. The third kappa shape index (κ3) is 18.7. The van der Waals surface area contributed by atoms with Crippen LogP contribution < -0.4 is 0 Å². The van der Waals surface area contributed by atoms with E-state index in [-0.39, 0.29) is 12.7 Å². The van der Waals surface area contributed by atoms with Crippen molar-refractivity contribution in [2.45, 2.75) is 116 Å². The van der Waals surface area contributed by atoms with Gasteiger partial charge < -0.3 is 14.7 Å². The summed E-state index contributed by atoms with van der Waals surface area (Å²) in [7, 11) is 4.15. The second-order valence-corrected chi connectivity index (χ2v) is 8.96. The van der Waals surface area contributed by atoms with Crippen LogP contribution in [-0.4, -0.2) is 54.6 Å². The van der Waals surface area contributed by atoms with Gasteiger partial charge in [0.2, 0.25) is 0 Å². The van der Waals surface area contributed by atoms with E-state index in [0.29, 0.717) is 4.48 Å². The lowest BCUT2D eigenvalue weighted by Gasteiger charge is -2.31. The van der Waals surface area contributed by atoms with Gasteiger partial charge >= 0.3 is 0 Å². The largest absolute Gasteiger partial charge is 0.391 e. The van der Waals surface area contributed by atoms with Gasteiger partial charge in [-0.2, -0.15) is 0 Å². The first-order valence-corrected chi connectivity index (χ1v) is 11.6. The summed E-state index contributed by atoms with van der Waals surface area (Å²) in [5, 5.41) is 19.2. The lowest BCUT2D eigenvalue weighted by atomic mass is 10.0. The van der Waals surface area contributed by atoms with Gasteiger partial charge in [-0.25, -0.2) is 0 Å². The van der Waals surface area contributed by atoms with Gasteiger partial charge in [0.15, 0.2) is 0 Å². The van der Waals surface area contributed by atoms with Crippen molar-refractivity contribution >= 4 is 0 Å². The summed E-state index contributed by atoms with van der Waals surface area (Å²) in [6.45, 7) is 3.94. The molecule has 0 radical (unpaired) electrons. The predicted octanol–water partition coefficient (Wildman–Crippen LogP) is 5.68. The number of unbranched alkanes of at least 4 members (excludes halogenated alkanes) is 14. The number of quaternary nitrogens is 1. The van der Waals surface area contributed by atoms with Crippen LogP contribution in [-0.2, 0) is 0 Å². The lowest BCUT2D eigenvalue weighted by molar-refractivity contribution is -0.893. The van der Waals surface area contributed by atoms with Crippen LogP contribution in [0.2, 0.25) is 0 Å². The predicted molar refractivity (Wildman–Crippen MR) is 114 cm³/mol. The SMILES string of the molecule is CCCCCCCCCCCCCCCCCC(O)C[N+](C)(C)CCO. The molecule has 0 aliphatic carbocycles. The highest BCUT2D eigenvalue weighted by molar-refractivity contribution is 4.56. The van der Waals surface area contributed by atoms with E-state index in [4.69, 9.17) is 5.11 Å². The highest BCUT2D eigenvalue weighted by Crippen LogP contribution is 2.14. The van der Waals surface area contributed by atoms with E-state index in [1.807, 2.05) is 0 Å². The van der Waals surface area contributed by atoms with E-state index in [1.165, 1.54) is 89.9 Å². The Balaban J connectivity index is 3.24. The Morgan fingerprint density at radius 2 is 1.04 bits per heavy atom. The van der Waals surface area contributed by atoms with Crippen LogP contribution in [0.25, 0.3) is 0 Å². The van der Waals surface area contributed by atoms with Crippen LogP contribution in [0.5, 0.6) is 0 Å². The van der Waals surface area contributed by atoms with Gasteiger partial charge in [-0.05, 0) is 6.42 Å². The van der Waals surface area contributed by atoms with Gasteiger partial charge in [-0.15, -0.1) is 0 Å². The molecule has 0 rings (SSSR count). The molecule has 3 heteroatoms. The Morgan fingerprint density at radius 3 is 1.42 bits per heavy atom. The third-order valence-electron chi connectivity index (χ3n) is 5.55. The summed E-state index contributed by atoms with van der Waals surface area (Å²) in [5.41, 5.74) is 0. The van der Waals surface area contributed by atoms with Gasteiger partial charge in [0.25, 0.3) is 0 Å². The molecule has 1 unspecified atom stereocenters. The molecule has 0 aromatic rings. The fourth-order valence-corrected chi connectivity index (χ4v) is 3.78. The van der Waals surface area contributed by atoms with E-state index in [0.717, 1.165) is 25.9 Å². The van der Waals surface area contributed by atoms with Crippen molar-refractivity contribution in [3.8, 4) is 0 Å². The second-order valence-electron chi connectivity index (χ2n) is 8.96. The number of aliphatic hydroxyl groups is 2. The smallest absolute Gasteiger partial charge is 0.105 e. The topological polar surface area (TPSA) is 40.5 Å². The number of hydrogen-bond acceptors (Lipinski definition) is 2. The highest BCUT2D eigenvalue weighted by Gasteiger charge is 2.19. The molecule has 3 nitrogen and oxygen atoms in total. The average molecular weight is 373 g/mol. The molecule has 0 aromatic carbocycles. The normalized spacial score (nSPS) is 13.3. The lowest BCUT2D eigenvalue weighted by Crippen LogP contribution is -2.47. The zero-order chi connectivity index (χ0) is 19.5. The number of rotatable bonds is 20. The molecular formula is C23H50NO2+. The first kappa shape index (κ1) is 25.9. The monoisotopic (exact) mass is 372 g/mol. The van der Waals surface area contributed by atoms with E-state index in [9.17, 15) is 5.11 Å². The average Bonchev–Trinajstić information content (AvgIpc) is 2.57. The maximum atomic E-state index is 10.1. The van der Waals surface area contributed by atoms with Crippen LogP contribution >= 0.6 is 0 Å². The van der Waals surface area contributed by atoms with Gasteiger partial charge in [0, 0.05) is 0 Å². The standard InChI is InChI=1S/C23H50NO2/c1-4-5-6-7-8-9-10-11-12-13-14-15-16-17-18-19-23(26)22-24(2,3)20-21-25/h23,25-26H,4-22H2,1-3H3/q+1. The van der Waals surface area contributed by atoms with Crippen molar-refractivity contribution < 1.29 is 14.7 Å². The van der Waals surface area contributed by atoms with Crippen LogP contribution in [0.1, 0.15) is 110 Å². The summed E-state index contributed by atoms with van der Waals surface area (Å²) < 4.78 is 0.705. The Bertz CT molecular complexity index is 281. The fourth-order valence-electron chi connectivity index (χ4n) is 3.78. The van der Waals surface area contributed by atoms with Crippen LogP contribution in [0.3, 0.4) is 0 Å². The van der Waals surface area contributed by atoms with Crippen molar-refractivity contribution in [1.82, 2.24) is 0 Å². The molecular weight excluding hydrogens is 322 g/mol. The molecule has 0 saturated carbocycles. The molecule has 2 N–H and O–H groups in total. The minimum atomic E-state index is -0.224. The molecule has 0 aromatic heterocycles. The zero-order valence-electron chi connectivity index (χ0n) is 18.4. The summed E-state index contributed by atoms with van der Waals surface area (Å²) in [4.78, 5) is 0. The second kappa shape index (κ2) is 18.3. The minimum Gasteiger partial charge on any atom is -0.391 e. The van der Waals surface area contributed by atoms with Gasteiger partial charge in [0.1, 0.15) is 19.2 Å². The van der Waals surface area contributed by atoms with Crippen LogP contribution in [0.4, 0.5) is 0 Å². The van der Waals surface area contributed by atoms with Gasteiger partial charge in [-0.3, -0.25) is 0 Å². The fraction of sp³-hybridized carbons (Fsp3) is 1.00. The Morgan fingerprint density at radius 1 is 0.654 bits per heavy atom. The van der Waals surface area contributed by atoms with Gasteiger partial charge in [0.05, 0.1) is 20.7 Å². The molecule has 0 amide bonds. The third-order valence-corrected chi connectivity index (χ3v) is 5.55. The molecule has 0 fully saturated rings. The minimum absolute atomic E-state index is 0.193. The zero-order valence-corrected chi connectivity index (χ0v) is 18.4. The van der Waals surface area contributed by atoms with E-state index < -0.39 is 0 Å². The summed E-state index contributed by atoms with van der Waals surface area (Å²) in [6, 6.07) is 0. The molecule has 0 bridgehead atoms. The maximum absolute atomic E-state index is 10.1. The summed E-state index contributed by atoms with van der Waals surface area (Å²) in [5.74, 6) is 0. The summed E-state index contributed by atoms with van der Waals surface area (Å²) >= 11 is 0. The van der Waals surface area contributed by atoms with Crippen LogP contribution in [0.15, 0.2) is 0 Å². The quantitative estimate of drug-likeness (QED) is 0.213. The molecule has 0 spiro atoms. The summed E-state index contributed by atoms with van der Waals surface area (Å²) in [6.07, 6.45) is 21.4. The van der Waals surface area contributed by atoms with Crippen molar-refractivity contribution in [1.29, 1.82) is 0 Å². The molecule has 0 saturated heterocycles. The van der Waals surface area contributed by atoms with E-state index in [1.54, 1.807) is 0 Å². The molecule has 0 heterocycles. The van der Waals surface area contributed by atoms with E-state index >= 15 is 0 Å². The maximum Gasteiger partial charge on any atom is 0.105 e. The molecule has 1 atom stereocenters. The Labute approximate surface area is 164 Å². The van der Waals surface area contributed by atoms with Gasteiger partial charge in [-0.1, -0.05) is 103 Å². The highest BCUT2D eigenvalue weighted by atomic mass is 16.3. The van der Waals surface area contributed by atoms with E-state index in [2.05, 4.69) is 21.0 Å². The van der Waals surface area contributed by atoms with Crippen molar-refractivity contribution in [3.05, 3.63) is 0 Å². The van der Waals surface area contributed by atoms with Crippen LogP contribution in [0, 0.1) is 0 Å². The van der Waals surface area contributed by atoms with Crippen molar-refractivity contribution in [3.63, 3.8) is 0 Å². The number of aliphatic hydroxyl groups excluding tert-OH is 2. The Kier molecular flexibility index (Phi) is 18.2. The molecule has 158 valence electrons. The number of hydrogen-bond donors (Lipinski definition) is 2. The van der Waals surface area contributed by atoms with Crippen molar-refractivity contribution in [2.24, 2.45) is 0 Å². The molecule has 26 heavy (non-hydrogen) atoms. The number of likely N-dealkylation sites (N-methyl/N-ethyl adjacent to an activating group) is 1. The van der Waals surface area contributed by atoms with Crippen molar-refractivity contribution in [2.75, 3.05) is 33.8 Å². The first-order valence-electron chi connectivity index (χ1n) is 11.6. The molecule has 0 aliphatic rings. The Hall–Kier alpha value is -0.120. The number of nitrogens with zero attached hydrogens (tertiary/aromatic N) is 1. The first-order chi connectivity index (χ1) is 12.5.